The summed E-state index contributed by atoms with van der Waals surface area (Å²) < 4.78 is 10.6. The Hall–Kier alpha value is -1.22. The van der Waals surface area contributed by atoms with Gasteiger partial charge in [-0.2, -0.15) is 0 Å². The van der Waals surface area contributed by atoms with E-state index in [0.29, 0.717) is 5.41 Å². The molecule has 0 amide bonds. The molecular formula is C17H29NO2. The van der Waals surface area contributed by atoms with Crippen LogP contribution in [0.3, 0.4) is 0 Å². The molecule has 0 aliphatic heterocycles. The smallest absolute Gasteiger partial charge is 0.123 e. The molecule has 0 bridgehead atoms. The maximum absolute atomic E-state index is 5.39. The molecule has 114 valence electrons. The molecule has 1 aromatic rings. The fraction of sp³-hybridized carbons (Fsp3) is 0.647. The SMILES string of the molecule is CCCC(C)(C)CCNCc1cc(OC)ccc1OC. The zero-order valence-corrected chi connectivity index (χ0v) is 13.6. The summed E-state index contributed by atoms with van der Waals surface area (Å²) in [5.74, 6) is 1.78. The van der Waals surface area contributed by atoms with Crippen LogP contribution in [0.4, 0.5) is 0 Å². The number of nitrogens with one attached hydrogen (secondary N) is 1. The van der Waals surface area contributed by atoms with Crippen LogP contribution in [0.15, 0.2) is 18.2 Å². The zero-order chi connectivity index (χ0) is 15.0. The monoisotopic (exact) mass is 279 g/mol. The number of benzene rings is 1. The molecule has 3 heteroatoms. The molecule has 1 aromatic carbocycles. The highest BCUT2D eigenvalue weighted by molar-refractivity contribution is 5.40. The maximum Gasteiger partial charge on any atom is 0.123 e. The maximum atomic E-state index is 5.39. The largest absolute Gasteiger partial charge is 0.497 e. The van der Waals surface area contributed by atoms with Crippen molar-refractivity contribution in [1.82, 2.24) is 5.32 Å². The van der Waals surface area contributed by atoms with E-state index in [0.717, 1.165) is 30.2 Å². The summed E-state index contributed by atoms with van der Waals surface area (Å²) in [6.07, 6.45) is 3.71. The molecule has 0 unspecified atom stereocenters. The lowest BCUT2D eigenvalue weighted by Gasteiger charge is -2.24. The molecule has 0 aliphatic rings. The van der Waals surface area contributed by atoms with Crippen LogP contribution >= 0.6 is 0 Å². The fourth-order valence-electron chi connectivity index (χ4n) is 2.47. The lowest BCUT2D eigenvalue weighted by atomic mass is 9.85. The summed E-state index contributed by atoms with van der Waals surface area (Å²) >= 11 is 0. The van der Waals surface area contributed by atoms with Crippen molar-refractivity contribution >= 4 is 0 Å². The topological polar surface area (TPSA) is 30.5 Å². The molecule has 0 aliphatic carbocycles. The number of rotatable bonds is 9. The van der Waals surface area contributed by atoms with E-state index < -0.39 is 0 Å². The third-order valence-corrected chi connectivity index (χ3v) is 3.71. The fourth-order valence-corrected chi connectivity index (χ4v) is 2.47. The predicted molar refractivity (Wildman–Crippen MR) is 84.6 cm³/mol. The molecular weight excluding hydrogens is 250 g/mol. The van der Waals surface area contributed by atoms with Crippen molar-refractivity contribution in [3.63, 3.8) is 0 Å². The van der Waals surface area contributed by atoms with Crippen molar-refractivity contribution in [3.05, 3.63) is 23.8 Å². The Kier molecular flexibility index (Phi) is 6.86. The Balaban J connectivity index is 2.49. The molecule has 0 atom stereocenters. The van der Waals surface area contributed by atoms with Gasteiger partial charge in [-0.25, -0.2) is 0 Å². The average Bonchev–Trinajstić information content (AvgIpc) is 2.43. The summed E-state index contributed by atoms with van der Waals surface area (Å²) in [6.45, 7) is 8.75. The molecule has 0 radical (unpaired) electrons. The van der Waals surface area contributed by atoms with Crippen molar-refractivity contribution in [2.45, 2.75) is 46.6 Å². The van der Waals surface area contributed by atoms with E-state index in [2.05, 4.69) is 26.1 Å². The van der Waals surface area contributed by atoms with Gasteiger partial charge in [-0.1, -0.05) is 27.2 Å². The van der Waals surface area contributed by atoms with Gasteiger partial charge < -0.3 is 14.8 Å². The molecule has 0 fully saturated rings. The quantitative estimate of drug-likeness (QED) is 0.693. The summed E-state index contributed by atoms with van der Waals surface area (Å²) in [5.41, 5.74) is 1.56. The third-order valence-electron chi connectivity index (χ3n) is 3.71. The number of hydrogen-bond acceptors (Lipinski definition) is 3. The molecule has 0 heterocycles. The van der Waals surface area contributed by atoms with Crippen LogP contribution in [-0.4, -0.2) is 20.8 Å². The van der Waals surface area contributed by atoms with Crippen LogP contribution in [-0.2, 0) is 6.54 Å². The first-order valence-electron chi connectivity index (χ1n) is 7.44. The van der Waals surface area contributed by atoms with Gasteiger partial charge in [-0.05, 0) is 43.0 Å². The lowest BCUT2D eigenvalue weighted by Crippen LogP contribution is -2.22. The van der Waals surface area contributed by atoms with Crippen molar-refractivity contribution in [2.24, 2.45) is 5.41 Å². The number of ether oxygens (including phenoxy) is 2. The van der Waals surface area contributed by atoms with Gasteiger partial charge in [0.15, 0.2) is 0 Å². The summed E-state index contributed by atoms with van der Waals surface area (Å²) in [7, 11) is 3.39. The van der Waals surface area contributed by atoms with Crippen LogP contribution in [0.25, 0.3) is 0 Å². The van der Waals surface area contributed by atoms with Gasteiger partial charge >= 0.3 is 0 Å². The molecule has 20 heavy (non-hydrogen) atoms. The predicted octanol–water partition coefficient (Wildman–Crippen LogP) is 4.01. The summed E-state index contributed by atoms with van der Waals surface area (Å²) in [5, 5.41) is 3.51. The molecule has 0 aromatic heterocycles. The van der Waals surface area contributed by atoms with Gasteiger partial charge in [0.1, 0.15) is 11.5 Å². The van der Waals surface area contributed by atoms with E-state index in [4.69, 9.17) is 9.47 Å². The van der Waals surface area contributed by atoms with Gasteiger partial charge in [0.05, 0.1) is 14.2 Å². The Morgan fingerprint density at radius 3 is 2.45 bits per heavy atom. The first kappa shape index (κ1) is 16.8. The standard InChI is InChI=1S/C17H29NO2/c1-6-9-17(2,3)10-11-18-13-14-12-15(19-4)7-8-16(14)20-5/h7-8,12,18H,6,9-11,13H2,1-5H3. The second kappa shape index (κ2) is 8.15. The van der Waals surface area contributed by atoms with Crippen LogP contribution in [0.2, 0.25) is 0 Å². The van der Waals surface area contributed by atoms with E-state index in [9.17, 15) is 0 Å². The van der Waals surface area contributed by atoms with E-state index in [-0.39, 0.29) is 0 Å². The summed E-state index contributed by atoms with van der Waals surface area (Å²) in [4.78, 5) is 0. The Morgan fingerprint density at radius 2 is 1.85 bits per heavy atom. The van der Waals surface area contributed by atoms with E-state index in [1.54, 1.807) is 14.2 Å². The van der Waals surface area contributed by atoms with Crippen molar-refractivity contribution in [1.29, 1.82) is 0 Å². The van der Waals surface area contributed by atoms with Crippen molar-refractivity contribution < 1.29 is 9.47 Å². The van der Waals surface area contributed by atoms with Gasteiger partial charge in [0.25, 0.3) is 0 Å². The van der Waals surface area contributed by atoms with E-state index in [1.165, 1.54) is 19.3 Å². The number of methoxy groups -OCH3 is 2. The van der Waals surface area contributed by atoms with E-state index in [1.807, 2.05) is 18.2 Å². The highest BCUT2D eigenvalue weighted by Gasteiger charge is 2.15. The van der Waals surface area contributed by atoms with Gasteiger partial charge in [-0.15, -0.1) is 0 Å². The minimum Gasteiger partial charge on any atom is -0.497 e. The molecule has 0 spiro atoms. The summed E-state index contributed by atoms with van der Waals surface area (Å²) in [6, 6.07) is 5.91. The Morgan fingerprint density at radius 1 is 1.10 bits per heavy atom. The molecule has 1 N–H and O–H groups in total. The second-order valence-electron chi connectivity index (χ2n) is 6.02. The van der Waals surface area contributed by atoms with Crippen molar-refractivity contribution in [3.8, 4) is 11.5 Å². The zero-order valence-electron chi connectivity index (χ0n) is 13.6. The molecule has 0 saturated carbocycles. The van der Waals surface area contributed by atoms with Gasteiger partial charge in [0.2, 0.25) is 0 Å². The molecule has 1 rings (SSSR count). The van der Waals surface area contributed by atoms with Crippen molar-refractivity contribution in [2.75, 3.05) is 20.8 Å². The lowest BCUT2D eigenvalue weighted by molar-refractivity contribution is 0.298. The molecule has 0 saturated heterocycles. The first-order chi connectivity index (χ1) is 9.52. The van der Waals surface area contributed by atoms with E-state index >= 15 is 0 Å². The number of hydrogen-bond donors (Lipinski definition) is 1. The van der Waals surface area contributed by atoms with Crippen LogP contribution in [0.1, 0.15) is 45.6 Å². The average molecular weight is 279 g/mol. The minimum atomic E-state index is 0.417. The Bertz CT molecular complexity index is 402. The van der Waals surface area contributed by atoms with Crippen LogP contribution in [0.5, 0.6) is 11.5 Å². The van der Waals surface area contributed by atoms with Gasteiger partial charge in [0, 0.05) is 12.1 Å². The van der Waals surface area contributed by atoms with Crippen LogP contribution in [0, 0.1) is 5.41 Å². The second-order valence-corrected chi connectivity index (χ2v) is 6.02. The van der Waals surface area contributed by atoms with Gasteiger partial charge in [-0.3, -0.25) is 0 Å². The third kappa shape index (κ3) is 5.41. The highest BCUT2D eigenvalue weighted by atomic mass is 16.5. The first-order valence-corrected chi connectivity index (χ1v) is 7.44. The highest BCUT2D eigenvalue weighted by Crippen LogP contribution is 2.26. The molecule has 3 nitrogen and oxygen atoms in total. The minimum absolute atomic E-state index is 0.417. The van der Waals surface area contributed by atoms with Crippen LogP contribution < -0.4 is 14.8 Å². The Labute approximate surface area is 123 Å². The normalized spacial score (nSPS) is 11.4.